The first-order valence-corrected chi connectivity index (χ1v) is 4.43. The molecule has 1 aromatic rings. The molecule has 0 heterocycles. The van der Waals surface area contributed by atoms with E-state index in [2.05, 4.69) is 0 Å². The van der Waals surface area contributed by atoms with Crippen LogP contribution < -0.4 is 0 Å². The highest BCUT2D eigenvalue weighted by Gasteiger charge is 2.29. The van der Waals surface area contributed by atoms with Gasteiger partial charge in [0.05, 0.1) is 0 Å². The van der Waals surface area contributed by atoms with Gasteiger partial charge in [-0.15, -0.1) is 0 Å². The number of carbonyl (C=O) groups is 1. The van der Waals surface area contributed by atoms with Crippen molar-refractivity contribution in [3.63, 3.8) is 0 Å². The average Bonchev–Trinajstić information content (AvgIpc) is 2.02. The highest BCUT2D eigenvalue weighted by Crippen LogP contribution is 2.33. The van der Waals surface area contributed by atoms with Gasteiger partial charge in [0, 0.05) is 17.4 Å². The minimum Gasteiger partial charge on any atom is -0.299 e. The third kappa shape index (κ3) is 1.25. The zero-order valence-corrected chi connectivity index (χ0v) is 7.34. The second-order valence-electron chi connectivity index (χ2n) is 3.11. The smallest absolute Gasteiger partial charge is 0.140 e. The van der Waals surface area contributed by atoms with E-state index in [0.717, 1.165) is 18.4 Å². The quantitative estimate of drug-likeness (QED) is 0.650. The summed E-state index contributed by atoms with van der Waals surface area (Å²) in [7, 11) is 0. The van der Waals surface area contributed by atoms with Crippen LogP contribution in [0.5, 0.6) is 0 Å². The monoisotopic (exact) mass is 180 g/mol. The van der Waals surface area contributed by atoms with Gasteiger partial charge in [-0.25, -0.2) is 0 Å². The molecule has 1 aromatic carbocycles. The van der Waals surface area contributed by atoms with Gasteiger partial charge in [-0.2, -0.15) is 0 Å². The molecule has 1 saturated carbocycles. The van der Waals surface area contributed by atoms with E-state index >= 15 is 0 Å². The topological polar surface area (TPSA) is 17.1 Å². The lowest BCUT2D eigenvalue weighted by Crippen LogP contribution is -2.22. The maximum absolute atomic E-state index is 11.1. The molecule has 0 saturated heterocycles. The Bertz CT molecular complexity index is 319. The molecule has 1 aliphatic rings. The minimum atomic E-state index is 0.128. The van der Waals surface area contributed by atoms with Gasteiger partial charge in [-0.05, 0) is 24.1 Å². The second kappa shape index (κ2) is 2.91. The van der Waals surface area contributed by atoms with E-state index in [0.29, 0.717) is 10.8 Å². The number of benzene rings is 1. The van der Waals surface area contributed by atoms with Crippen LogP contribution in [-0.2, 0) is 4.79 Å². The van der Waals surface area contributed by atoms with Gasteiger partial charge < -0.3 is 0 Å². The lowest BCUT2D eigenvalue weighted by Gasteiger charge is -2.24. The molecule has 2 heteroatoms. The molecule has 1 atom stereocenters. The molecule has 2 rings (SSSR count). The molecule has 0 radical (unpaired) electrons. The lowest BCUT2D eigenvalue weighted by molar-refractivity contribution is -0.125. The Hall–Kier alpha value is -0.820. The summed E-state index contributed by atoms with van der Waals surface area (Å²) in [6, 6.07) is 7.56. The van der Waals surface area contributed by atoms with Crippen molar-refractivity contribution in [3.8, 4) is 0 Å². The van der Waals surface area contributed by atoms with Crippen molar-refractivity contribution >= 4 is 17.4 Å². The van der Waals surface area contributed by atoms with Crippen LogP contribution in [0.25, 0.3) is 0 Å². The van der Waals surface area contributed by atoms with E-state index in [9.17, 15) is 4.79 Å². The van der Waals surface area contributed by atoms with E-state index in [-0.39, 0.29) is 5.92 Å². The highest BCUT2D eigenvalue weighted by molar-refractivity contribution is 6.30. The standard InChI is InChI=1S/C10H9ClO/c11-8-3-1-2-7(6-8)9-4-5-10(9)12/h1-3,6,9H,4-5H2/t9-/m0/s1. The summed E-state index contributed by atoms with van der Waals surface area (Å²) in [6.07, 6.45) is 1.72. The predicted octanol–water partition coefficient (Wildman–Crippen LogP) is 2.79. The first-order valence-electron chi connectivity index (χ1n) is 4.05. The van der Waals surface area contributed by atoms with Gasteiger partial charge in [-0.1, -0.05) is 23.7 Å². The van der Waals surface area contributed by atoms with E-state index in [1.165, 1.54) is 0 Å². The molecule has 0 aliphatic heterocycles. The van der Waals surface area contributed by atoms with E-state index in [4.69, 9.17) is 11.6 Å². The molecule has 0 amide bonds. The first-order chi connectivity index (χ1) is 5.77. The van der Waals surface area contributed by atoms with Crippen molar-refractivity contribution in [1.82, 2.24) is 0 Å². The Labute approximate surface area is 76.4 Å². The Balaban J connectivity index is 2.28. The van der Waals surface area contributed by atoms with Gasteiger partial charge in [0.15, 0.2) is 0 Å². The fourth-order valence-corrected chi connectivity index (χ4v) is 1.68. The van der Waals surface area contributed by atoms with Crippen molar-refractivity contribution in [2.75, 3.05) is 0 Å². The number of halogens is 1. The highest BCUT2D eigenvalue weighted by atomic mass is 35.5. The van der Waals surface area contributed by atoms with Gasteiger partial charge in [-0.3, -0.25) is 4.79 Å². The normalized spacial score (nSPS) is 22.1. The van der Waals surface area contributed by atoms with Crippen LogP contribution in [0, 0.1) is 0 Å². The first kappa shape index (κ1) is 7.81. The van der Waals surface area contributed by atoms with Crippen molar-refractivity contribution in [2.45, 2.75) is 18.8 Å². The summed E-state index contributed by atoms with van der Waals surface area (Å²) >= 11 is 5.81. The maximum atomic E-state index is 11.1. The number of ketones is 1. The Morgan fingerprint density at radius 3 is 2.75 bits per heavy atom. The molecule has 0 unspecified atom stereocenters. The van der Waals surface area contributed by atoms with Crippen LogP contribution in [0.1, 0.15) is 24.3 Å². The Morgan fingerprint density at radius 1 is 1.42 bits per heavy atom. The third-order valence-corrected chi connectivity index (χ3v) is 2.55. The summed E-state index contributed by atoms with van der Waals surface area (Å²) in [5.41, 5.74) is 1.07. The summed E-state index contributed by atoms with van der Waals surface area (Å²) < 4.78 is 0. The molecular weight excluding hydrogens is 172 g/mol. The Kier molecular flexibility index (Phi) is 1.89. The maximum Gasteiger partial charge on any atom is 0.140 e. The molecule has 0 spiro atoms. The van der Waals surface area contributed by atoms with Crippen molar-refractivity contribution in [1.29, 1.82) is 0 Å². The van der Waals surface area contributed by atoms with Gasteiger partial charge in [0.25, 0.3) is 0 Å². The van der Waals surface area contributed by atoms with Crippen LogP contribution in [0.3, 0.4) is 0 Å². The number of carbonyl (C=O) groups excluding carboxylic acids is 1. The summed E-state index contributed by atoms with van der Waals surface area (Å²) in [5, 5.41) is 0.715. The van der Waals surface area contributed by atoms with Crippen LogP contribution in [-0.4, -0.2) is 5.78 Å². The number of rotatable bonds is 1. The van der Waals surface area contributed by atoms with E-state index < -0.39 is 0 Å². The average molecular weight is 181 g/mol. The summed E-state index contributed by atoms with van der Waals surface area (Å²) in [6.45, 7) is 0. The van der Waals surface area contributed by atoms with Gasteiger partial charge >= 0.3 is 0 Å². The fourth-order valence-electron chi connectivity index (χ4n) is 1.48. The van der Waals surface area contributed by atoms with Crippen molar-refractivity contribution in [2.24, 2.45) is 0 Å². The number of hydrogen-bond acceptors (Lipinski definition) is 1. The van der Waals surface area contributed by atoms with E-state index in [1.807, 2.05) is 24.3 Å². The Morgan fingerprint density at radius 2 is 2.25 bits per heavy atom. The summed E-state index contributed by atoms with van der Waals surface area (Å²) in [5.74, 6) is 0.473. The third-order valence-electron chi connectivity index (χ3n) is 2.32. The van der Waals surface area contributed by atoms with Crippen LogP contribution in [0.15, 0.2) is 24.3 Å². The molecule has 1 fully saturated rings. The zero-order chi connectivity index (χ0) is 8.55. The molecule has 62 valence electrons. The summed E-state index contributed by atoms with van der Waals surface area (Å²) in [4.78, 5) is 11.1. The SMILES string of the molecule is O=C1CC[C@H]1c1cccc(Cl)c1. The van der Waals surface area contributed by atoms with Crippen LogP contribution in [0.4, 0.5) is 0 Å². The van der Waals surface area contributed by atoms with Crippen molar-refractivity contribution in [3.05, 3.63) is 34.9 Å². The predicted molar refractivity (Wildman–Crippen MR) is 48.4 cm³/mol. The zero-order valence-electron chi connectivity index (χ0n) is 6.59. The minimum absolute atomic E-state index is 0.128. The molecule has 1 nitrogen and oxygen atoms in total. The second-order valence-corrected chi connectivity index (χ2v) is 3.55. The molecule has 0 bridgehead atoms. The van der Waals surface area contributed by atoms with Crippen LogP contribution >= 0.6 is 11.6 Å². The number of hydrogen-bond donors (Lipinski definition) is 0. The van der Waals surface area contributed by atoms with Gasteiger partial charge in [0.1, 0.15) is 5.78 Å². The number of Topliss-reactive ketones (excluding diaryl/α,β-unsaturated/α-hetero) is 1. The van der Waals surface area contributed by atoms with Crippen molar-refractivity contribution < 1.29 is 4.79 Å². The largest absolute Gasteiger partial charge is 0.299 e. The molecule has 0 N–H and O–H groups in total. The van der Waals surface area contributed by atoms with E-state index in [1.54, 1.807) is 0 Å². The molecule has 0 aromatic heterocycles. The molecule has 1 aliphatic carbocycles. The van der Waals surface area contributed by atoms with Crippen LogP contribution in [0.2, 0.25) is 5.02 Å². The lowest BCUT2D eigenvalue weighted by atomic mass is 9.79. The molecular formula is C10H9ClO. The molecule has 12 heavy (non-hydrogen) atoms. The van der Waals surface area contributed by atoms with Gasteiger partial charge in [0.2, 0.25) is 0 Å². The fraction of sp³-hybridized carbons (Fsp3) is 0.300.